The number of aromatic nitrogens is 1. The molecular weight excluding hydrogens is 265 g/mol. The lowest BCUT2D eigenvalue weighted by atomic mass is 10.1. The summed E-state index contributed by atoms with van der Waals surface area (Å²) in [5, 5.41) is 1.84. The maximum atomic E-state index is 14.1. The summed E-state index contributed by atoms with van der Waals surface area (Å²) in [6.07, 6.45) is 2.14. The van der Waals surface area contributed by atoms with Crippen LogP contribution in [0.4, 0.5) is 4.39 Å². The first kappa shape index (κ1) is 13.7. The number of rotatable bonds is 5. The van der Waals surface area contributed by atoms with Crippen molar-refractivity contribution in [1.82, 2.24) is 4.98 Å². The SMILES string of the molecule is CCOc1nccc(C(=O)c2sccc2CC)c1F. The van der Waals surface area contributed by atoms with Crippen LogP contribution in [0.3, 0.4) is 0 Å². The monoisotopic (exact) mass is 279 g/mol. The molecule has 0 unspecified atom stereocenters. The minimum absolute atomic E-state index is 0.00981. The molecule has 0 radical (unpaired) electrons. The highest BCUT2D eigenvalue weighted by molar-refractivity contribution is 7.12. The van der Waals surface area contributed by atoms with Crippen molar-refractivity contribution < 1.29 is 13.9 Å². The molecule has 0 fully saturated rings. The minimum Gasteiger partial charge on any atom is -0.476 e. The van der Waals surface area contributed by atoms with Crippen LogP contribution in [0.15, 0.2) is 23.7 Å². The number of hydrogen-bond donors (Lipinski definition) is 0. The van der Waals surface area contributed by atoms with E-state index in [4.69, 9.17) is 4.74 Å². The van der Waals surface area contributed by atoms with Crippen LogP contribution in [0.25, 0.3) is 0 Å². The molecule has 0 N–H and O–H groups in total. The van der Waals surface area contributed by atoms with Crippen molar-refractivity contribution in [3.8, 4) is 5.88 Å². The normalized spacial score (nSPS) is 10.5. The molecule has 0 bridgehead atoms. The summed E-state index contributed by atoms with van der Waals surface area (Å²) in [5.74, 6) is -1.12. The highest BCUT2D eigenvalue weighted by Crippen LogP contribution is 2.25. The number of aryl methyl sites for hydroxylation is 1. The molecule has 0 saturated heterocycles. The van der Waals surface area contributed by atoms with Crippen molar-refractivity contribution in [3.05, 3.63) is 45.5 Å². The number of ketones is 1. The van der Waals surface area contributed by atoms with Gasteiger partial charge in [-0.3, -0.25) is 4.79 Å². The maximum absolute atomic E-state index is 14.1. The third-order valence-electron chi connectivity index (χ3n) is 2.72. The molecule has 0 spiro atoms. The second-order valence-electron chi connectivity index (χ2n) is 3.87. The van der Waals surface area contributed by atoms with E-state index in [9.17, 15) is 9.18 Å². The lowest BCUT2D eigenvalue weighted by Gasteiger charge is -2.07. The first-order valence-electron chi connectivity index (χ1n) is 6.07. The second kappa shape index (κ2) is 5.93. The molecule has 2 aromatic heterocycles. The predicted molar refractivity (Wildman–Crippen MR) is 72.5 cm³/mol. The van der Waals surface area contributed by atoms with E-state index in [1.54, 1.807) is 6.92 Å². The van der Waals surface area contributed by atoms with Gasteiger partial charge in [-0.1, -0.05) is 6.92 Å². The third-order valence-corrected chi connectivity index (χ3v) is 3.67. The van der Waals surface area contributed by atoms with Crippen molar-refractivity contribution in [2.45, 2.75) is 20.3 Å². The van der Waals surface area contributed by atoms with Crippen LogP contribution >= 0.6 is 11.3 Å². The molecule has 2 rings (SSSR count). The number of carbonyl (C=O) groups excluding carboxylic acids is 1. The van der Waals surface area contributed by atoms with Crippen LogP contribution in [0.5, 0.6) is 5.88 Å². The first-order chi connectivity index (χ1) is 9.19. The molecule has 0 aliphatic heterocycles. The van der Waals surface area contributed by atoms with Gasteiger partial charge >= 0.3 is 0 Å². The van der Waals surface area contributed by atoms with Gasteiger partial charge in [0.25, 0.3) is 5.88 Å². The fourth-order valence-electron chi connectivity index (χ4n) is 1.77. The van der Waals surface area contributed by atoms with Gasteiger partial charge in [0, 0.05) is 6.20 Å². The van der Waals surface area contributed by atoms with Gasteiger partial charge in [0.2, 0.25) is 5.78 Å². The Morgan fingerprint density at radius 2 is 2.21 bits per heavy atom. The average molecular weight is 279 g/mol. The maximum Gasteiger partial charge on any atom is 0.251 e. The van der Waals surface area contributed by atoms with Crippen LogP contribution in [0, 0.1) is 5.82 Å². The Balaban J connectivity index is 2.42. The van der Waals surface area contributed by atoms with Gasteiger partial charge < -0.3 is 4.74 Å². The van der Waals surface area contributed by atoms with E-state index in [2.05, 4.69) is 4.98 Å². The van der Waals surface area contributed by atoms with Crippen molar-refractivity contribution in [1.29, 1.82) is 0 Å². The molecule has 0 aliphatic carbocycles. The van der Waals surface area contributed by atoms with Gasteiger partial charge in [-0.05, 0) is 36.4 Å². The molecule has 0 aliphatic rings. The number of hydrogen-bond acceptors (Lipinski definition) is 4. The second-order valence-corrected chi connectivity index (χ2v) is 4.78. The average Bonchev–Trinajstić information content (AvgIpc) is 2.89. The highest BCUT2D eigenvalue weighted by atomic mass is 32.1. The Morgan fingerprint density at radius 1 is 1.42 bits per heavy atom. The summed E-state index contributed by atoms with van der Waals surface area (Å²) >= 11 is 1.33. The van der Waals surface area contributed by atoms with Crippen LogP contribution in [0.1, 0.15) is 34.6 Å². The Hall–Kier alpha value is -1.75. The van der Waals surface area contributed by atoms with E-state index in [0.29, 0.717) is 11.5 Å². The summed E-state index contributed by atoms with van der Waals surface area (Å²) in [4.78, 5) is 16.7. The lowest BCUT2D eigenvalue weighted by Crippen LogP contribution is -2.07. The molecule has 0 amide bonds. The molecule has 0 saturated carbocycles. The zero-order chi connectivity index (χ0) is 13.8. The van der Waals surface area contributed by atoms with Gasteiger partial charge in [-0.2, -0.15) is 0 Å². The zero-order valence-corrected chi connectivity index (χ0v) is 11.6. The van der Waals surface area contributed by atoms with Gasteiger partial charge in [0.15, 0.2) is 5.82 Å². The topological polar surface area (TPSA) is 39.2 Å². The Bertz CT molecular complexity index is 595. The van der Waals surface area contributed by atoms with Gasteiger partial charge in [-0.15, -0.1) is 11.3 Å². The van der Waals surface area contributed by atoms with E-state index in [1.807, 2.05) is 18.4 Å². The number of carbonyl (C=O) groups is 1. The third kappa shape index (κ3) is 2.66. The van der Waals surface area contributed by atoms with Crippen LogP contribution in [-0.2, 0) is 6.42 Å². The van der Waals surface area contributed by atoms with Gasteiger partial charge in [0.1, 0.15) is 0 Å². The molecular formula is C14H14FNO2S. The fourth-order valence-corrected chi connectivity index (χ4v) is 2.72. The molecule has 3 nitrogen and oxygen atoms in total. The summed E-state index contributed by atoms with van der Waals surface area (Å²) in [6.45, 7) is 4.01. The van der Waals surface area contributed by atoms with E-state index in [-0.39, 0.29) is 17.2 Å². The standard InChI is InChI=1S/C14H14FNO2S/c1-3-9-6-8-19-13(9)12(17)10-5-7-16-14(11(10)15)18-4-2/h5-8H,3-4H2,1-2H3. The largest absolute Gasteiger partial charge is 0.476 e. The Labute approximate surface area is 115 Å². The van der Waals surface area contributed by atoms with E-state index < -0.39 is 5.82 Å². The zero-order valence-electron chi connectivity index (χ0n) is 10.8. The molecule has 2 heterocycles. The Kier molecular flexibility index (Phi) is 4.27. The van der Waals surface area contributed by atoms with Crippen LogP contribution in [0.2, 0.25) is 0 Å². The van der Waals surface area contributed by atoms with Crippen LogP contribution < -0.4 is 4.74 Å². The highest BCUT2D eigenvalue weighted by Gasteiger charge is 2.21. The molecule has 0 aromatic carbocycles. The number of thiophene rings is 1. The van der Waals surface area contributed by atoms with Crippen molar-refractivity contribution in [3.63, 3.8) is 0 Å². The minimum atomic E-state index is -0.690. The number of nitrogens with zero attached hydrogens (tertiary/aromatic N) is 1. The lowest BCUT2D eigenvalue weighted by molar-refractivity contribution is 0.103. The predicted octanol–water partition coefficient (Wildman–Crippen LogP) is 3.47. The van der Waals surface area contributed by atoms with Crippen molar-refractivity contribution in [2.75, 3.05) is 6.61 Å². The molecule has 19 heavy (non-hydrogen) atoms. The summed E-state index contributed by atoms with van der Waals surface area (Å²) < 4.78 is 19.2. The summed E-state index contributed by atoms with van der Waals surface area (Å²) in [6, 6.07) is 3.28. The number of pyridine rings is 1. The van der Waals surface area contributed by atoms with E-state index in [0.717, 1.165) is 12.0 Å². The molecule has 2 aromatic rings. The smallest absolute Gasteiger partial charge is 0.251 e. The van der Waals surface area contributed by atoms with Gasteiger partial charge in [-0.25, -0.2) is 9.37 Å². The van der Waals surface area contributed by atoms with Crippen molar-refractivity contribution >= 4 is 17.1 Å². The van der Waals surface area contributed by atoms with Crippen LogP contribution in [-0.4, -0.2) is 17.4 Å². The Morgan fingerprint density at radius 3 is 2.89 bits per heavy atom. The first-order valence-corrected chi connectivity index (χ1v) is 6.95. The molecule has 0 atom stereocenters. The van der Waals surface area contributed by atoms with E-state index >= 15 is 0 Å². The quantitative estimate of drug-likeness (QED) is 0.787. The number of halogens is 1. The summed E-state index contributed by atoms with van der Waals surface area (Å²) in [7, 11) is 0. The molecule has 100 valence electrons. The molecule has 5 heteroatoms. The number of ether oxygens (including phenoxy) is 1. The fraction of sp³-hybridized carbons (Fsp3) is 0.286. The van der Waals surface area contributed by atoms with Gasteiger partial charge in [0.05, 0.1) is 17.0 Å². The summed E-state index contributed by atoms with van der Waals surface area (Å²) in [5.41, 5.74) is 0.944. The van der Waals surface area contributed by atoms with E-state index in [1.165, 1.54) is 23.6 Å². The van der Waals surface area contributed by atoms with Crippen molar-refractivity contribution in [2.24, 2.45) is 0 Å².